The van der Waals surface area contributed by atoms with Gasteiger partial charge in [-0.1, -0.05) is 13.3 Å². The van der Waals surface area contributed by atoms with Crippen molar-refractivity contribution in [1.29, 1.82) is 0 Å². The molecule has 3 heteroatoms. The number of rotatable bonds is 4. The van der Waals surface area contributed by atoms with E-state index in [0.717, 1.165) is 44.8 Å². The molecule has 1 amide bonds. The lowest BCUT2D eigenvalue weighted by Gasteiger charge is -2.36. The molecule has 1 unspecified atom stereocenters. The van der Waals surface area contributed by atoms with Gasteiger partial charge in [-0.3, -0.25) is 4.79 Å². The third-order valence-corrected chi connectivity index (χ3v) is 4.01. The van der Waals surface area contributed by atoms with Crippen LogP contribution >= 0.6 is 0 Å². The second-order valence-corrected chi connectivity index (χ2v) is 5.32. The lowest BCUT2D eigenvalue weighted by Crippen LogP contribution is -2.44. The van der Waals surface area contributed by atoms with Crippen molar-refractivity contribution in [3.8, 4) is 0 Å². The Bertz CT molecular complexity index is 230. The van der Waals surface area contributed by atoms with Gasteiger partial charge in [0.15, 0.2) is 0 Å². The Morgan fingerprint density at radius 3 is 2.87 bits per heavy atom. The summed E-state index contributed by atoms with van der Waals surface area (Å²) in [7, 11) is 0. The minimum atomic E-state index is -0.0338. The van der Waals surface area contributed by atoms with E-state index < -0.39 is 0 Å². The predicted molar refractivity (Wildman–Crippen MR) is 60.6 cm³/mol. The molecule has 0 aromatic rings. The summed E-state index contributed by atoms with van der Waals surface area (Å²) in [6.45, 7) is 5.23. The Hall–Kier alpha value is -0.570. The second kappa shape index (κ2) is 4.52. The standard InChI is InChI=1S/C12H22N2O/c1-12(5-2-6-12)11(15)14-8-4-10-3-7-13-9-10/h10,13H,2-9H2,1H3,(H,14,15). The van der Waals surface area contributed by atoms with E-state index in [2.05, 4.69) is 17.6 Å². The minimum Gasteiger partial charge on any atom is -0.356 e. The summed E-state index contributed by atoms with van der Waals surface area (Å²) in [5, 5.41) is 6.44. The number of amides is 1. The van der Waals surface area contributed by atoms with Crippen molar-refractivity contribution in [1.82, 2.24) is 10.6 Å². The predicted octanol–water partition coefficient (Wildman–Crippen LogP) is 1.29. The molecule has 0 spiro atoms. The van der Waals surface area contributed by atoms with Crippen LogP contribution in [0.25, 0.3) is 0 Å². The molecule has 1 heterocycles. The van der Waals surface area contributed by atoms with Gasteiger partial charge >= 0.3 is 0 Å². The minimum absolute atomic E-state index is 0.0338. The van der Waals surface area contributed by atoms with Crippen LogP contribution in [0, 0.1) is 11.3 Å². The average Bonchev–Trinajstić information content (AvgIpc) is 2.66. The van der Waals surface area contributed by atoms with Crippen LogP contribution in [-0.2, 0) is 4.79 Å². The van der Waals surface area contributed by atoms with Crippen LogP contribution in [0.4, 0.5) is 0 Å². The number of carbonyl (C=O) groups excluding carboxylic acids is 1. The number of carbonyl (C=O) groups is 1. The summed E-state index contributed by atoms with van der Waals surface area (Å²) < 4.78 is 0. The molecule has 2 rings (SSSR count). The van der Waals surface area contributed by atoms with Gasteiger partial charge in [-0.25, -0.2) is 0 Å². The molecule has 0 bridgehead atoms. The van der Waals surface area contributed by atoms with Crippen LogP contribution in [0.5, 0.6) is 0 Å². The van der Waals surface area contributed by atoms with Crippen molar-refractivity contribution < 1.29 is 4.79 Å². The quantitative estimate of drug-likeness (QED) is 0.734. The Kier molecular flexibility index (Phi) is 3.29. The topological polar surface area (TPSA) is 41.1 Å². The third-order valence-electron chi connectivity index (χ3n) is 4.01. The lowest BCUT2D eigenvalue weighted by atomic mass is 9.70. The Morgan fingerprint density at radius 2 is 2.33 bits per heavy atom. The normalized spacial score (nSPS) is 28.5. The highest BCUT2D eigenvalue weighted by Gasteiger charge is 2.38. The molecule has 86 valence electrons. The third kappa shape index (κ3) is 2.51. The van der Waals surface area contributed by atoms with Crippen molar-refractivity contribution in [3.05, 3.63) is 0 Å². The van der Waals surface area contributed by atoms with Gasteiger partial charge in [0.25, 0.3) is 0 Å². The summed E-state index contributed by atoms with van der Waals surface area (Å²) >= 11 is 0. The molecule has 1 aliphatic carbocycles. The van der Waals surface area contributed by atoms with Gasteiger partial charge in [-0.05, 0) is 44.7 Å². The monoisotopic (exact) mass is 210 g/mol. The van der Waals surface area contributed by atoms with Crippen LogP contribution in [0.3, 0.4) is 0 Å². The van der Waals surface area contributed by atoms with E-state index in [9.17, 15) is 4.79 Å². The molecule has 15 heavy (non-hydrogen) atoms. The molecule has 1 atom stereocenters. The van der Waals surface area contributed by atoms with Crippen molar-refractivity contribution >= 4 is 5.91 Å². The fourth-order valence-corrected chi connectivity index (χ4v) is 2.50. The van der Waals surface area contributed by atoms with Gasteiger partial charge < -0.3 is 10.6 Å². The zero-order valence-corrected chi connectivity index (χ0v) is 9.64. The molecular formula is C12H22N2O. The first-order valence-electron chi connectivity index (χ1n) is 6.20. The molecule has 1 saturated carbocycles. The maximum Gasteiger partial charge on any atom is 0.225 e. The van der Waals surface area contributed by atoms with Crippen LogP contribution in [-0.4, -0.2) is 25.5 Å². The van der Waals surface area contributed by atoms with Gasteiger partial charge in [-0.15, -0.1) is 0 Å². The van der Waals surface area contributed by atoms with Crippen LogP contribution in [0.2, 0.25) is 0 Å². The fraction of sp³-hybridized carbons (Fsp3) is 0.917. The molecular weight excluding hydrogens is 188 g/mol. The van der Waals surface area contributed by atoms with Gasteiger partial charge in [0, 0.05) is 12.0 Å². The molecule has 1 saturated heterocycles. The van der Waals surface area contributed by atoms with Gasteiger partial charge in [-0.2, -0.15) is 0 Å². The average molecular weight is 210 g/mol. The highest BCUT2D eigenvalue weighted by molar-refractivity contribution is 5.82. The Labute approximate surface area is 92.0 Å². The Morgan fingerprint density at radius 1 is 1.53 bits per heavy atom. The van der Waals surface area contributed by atoms with Crippen molar-refractivity contribution in [3.63, 3.8) is 0 Å². The molecule has 0 radical (unpaired) electrons. The first-order valence-corrected chi connectivity index (χ1v) is 6.20. The van der Waals surface area contributed by atoms with Crippen LogP contribution in [0.15, 0.2) is 0 Å². The first kappa shape index (κ1) is 10.9. The summed E-state index contributed by atoms with van der Waals surface area (Å²) in [5.41, 5.74) is -0.0338. The van der Waals surface area contributed by atoms with E-state index in [0.29, 0.717) is 0 Å². The highest BCUT2D eigenvalue weighted by Crippen LogP contribution is 2.40. The summed E-state index contributed by atoms with van der Waals surface area (Å²) in [4.78, 5) is 11.8. The number of hydrogen-bond acceptors (Lipinski definition) is 2. The van der Waals surface area contributed by atoms with Gasteiger partial charge in [0.05, 0.1) is 0 Å². The summed E-state index contributed by atoms with van der Waals surface area (Å²) in [5.74, 6) is 1.05. The highest BCUT2D eigenvalue weighted by atomic mass is 16.2. The van der Waals surface area contributed by atoms with E-state index in [4.69, 9.17) is 0 Å². The SMILES string of the molecule is CC1(C(=O)NCCC2CCNC2)CCC1. The molecule has 1 aliphatic heterocycles. The molecule has 2 N–H and O–H groups in total. The fourth-order valence-electron chi connectivity index (χ4n) is 2.50. The maximum absolute atomic E-state index is 11.8. The molecule has 2 fully saturated rings. The largest absolute Gasteiger partial charge is 0.356 e. The van der Waals surface area contributed by atoms with E-state index in [1.165, 1.54) is 12.8 Å². The lowest BCUT2D eigenvalue weighted by molar-refractivity contribution is -0.134. The molecule has 3 nitrogen and oxygen atoms in total. The van der Waals surface area contributed by atoms with E-state index in [-0.39, 0.29) is 11.3 Å². The number of nitrogens with one attached hydrogen (secondary N) is 2. The molecule has 0 aromatic heterocycles. The Balaban J connectivity index is 1.62. The zero-order chi connectivity index (χ0) is 10.7. The first-order chi connectivity index (χ1) is 7.21. The van der Waals surface area contributed by atoms with Crippen molar-refractivity contribution in [2.24, 2.45) is 11.3 Å². The van der Waals surface area contributed by atoms with E-state index in [1.807, 2.05) is 0 Å². The van der Waals surface area contributed by atoms with Crippen molar-refractivity contribution in [2.75, 3.05) is 19.6 Å². The summed E-state index contributed by atoms with van der Waals surface area (Å²) in [6.07, 6.45) is 5.77. The van der Waals surface area contributed by atoms with Gasteiger partial charge in [0.2, 0.25) is 5.91 Å². The van der Waals surface area contributed by atoms with Gasteiger partial charge in [0.1, 0.15) is 0 Å². The zero-order valence-electron chi connectivity index (χ0n) is 9.64. The van der Waals surface area contributed by atoms with Crippen molar-refractivity contribution in [2.45, 2.75) is 39.0 Å². The maximum atomic E-state index is 11.8. The smallest absolute Gasteiger partial charge is 0.225 e. The molecule has 2 aliphatic rings. The van der Waals surface area contributed by atoms with E-state index in [1.54, 1.807) is 0 Å². The number of hydrogen-bond donors (Lipinski definition) is 2. The van der Waals surface area contributed by atoms with Crippen LogP contribution < -0.4 is 10.6 Å². The van der Waals surface area contributed by atoms with Crippen LogP contribution in [0.1, 0.15) is 39.0 Å². The molecule has 0 aromatic carbocycles. The summed E-state index contributed by atoms with van der Waals surface area (Å²) in [6, 6.07) is 0. The van der Waals surface area contributed by atoms with E-state index >= 15 is 0 Å². The second-order valence-electron chi connectivity index (χ2n) is 5.32.